The SMILES string of the molecule is CC1(C)[C@]2(C)CC[C@]1(C(=O)NCCCn1ccnc1)OC2=O. The number of fused-ring (bicyclic) bond motifs is 2. The Morgan fingerprint density at radius 1 is 1.41 bits per heavy atom. The fourth-order valence-electron chi connectivity index (χ4n) is 3.77. The maximum atomic E-state index is 12.7. The van der Waals surface area contributed by atoms with Crippen LogP contribution in [0.5, 0.6) is 0 Å². The van der Waals surface area contributed by atoms with Gasteiger partial charge in [0.05, 0.1) is 11.7 Å². The highest BCUT2D eigenvalue weighted by molar-refractivity contribution is 5.96. The summed E-state index contributed by atoms with van der Waals surface area (Å²) in [5.74, 6) is -0.393. The van der Waals surface area contributed by atoms with Gasteiger partial charge >= 0.3 is 5.97 Å². The number of aromatic nitrogens is 2. The van der Waals surface area contributed by atoms with Crippen molar-refractivity contribution in [2.24, 2.45) is 10.8 Å². The number of esters is 1. The maximum absolute atomic E-state index is 12.7. The molecule has 0 unspecified atom stereocenters. The molecular formula is C16H23N3O3. The number of rotatable bonds is 5. The topological polar surface area (TPSA) is 73.2 Å². The molecule has 2 heterocycles. The van der Waals surface area contributed by atoms with Gasteiger partial charge in [0.2, 0.25) is 0 Å². The number of aryl methyl sites for hydroxylation is 1. The van der Waals surface area contributed by atoms with E-state index >= 15 is 0 Å². The van der Waals surface area contributed by atoms with E-state index in [-0.39, 0.29) is 11.9 Å². The van der Waals surface area contributed by atoms with Crippen LogP contribution in [0.3, 0.4) is 0 Å². The third kappa shape index (κ3) is 1.82. The Morgan fingerprint density at radius 3 is 2.73 bits per heavy atom. The summed E-state index contributed by atoms with van der Waals surface area (Å²) in [5.41, 5.74) is -2.04. The van der Waals surface area contributed by atoms with Crippen molar-refractivity contribution in [3.05, 3.63) is 18.7 Å². The first-order valence-corrected chi connectivity index (χ1v) is 7.81. The zero-order chi connectivity index (χ0) is 16.0. The van der Waals surface area contributed by atoms with Gasteiger partial charge in [0, 0.05) is 30.9 Å². The Balaban J connectivity index is 1.61. The van der Waals surface area contributed by atoms with E-state index in [4.69, 9.17) is 4.74 Å². The summed E-state index contributed by atoms with van der Waals surface area (Å²) >= 11 is 0. The van der Waals surface area contributed by atoms with Crippen LogP contribution in [-0.4, -0.2) is 33.6 Å². The van der Waals surface area contributed by atoms with E-state index in [2.05, 4.69) is 10.3 Å². The quantitative estimate of drug-likeness (QED) is 0.661. The Morgan fingerprint density at radius 2 is 2.18 bits per heavy atom. The van der Waals surface area contributed by atoms with Crippen LogP contribution < -0.4 is 5.32 Å². The molecule has 0 radical (unpaired) electrons. The number of nitrogens with one attached hydrogen (secondary N) is 1. The highest BCUT2D eigenvalue weighted by atomic mass is 16.6. The highest BCUT2D eigenvalue weighted by Crippen LogP contribution is 2.65. The van der Waals surface area contributed by atoms with Crippen LogP contribution in [0.15, 0.2) is 18.7 Å². The maximum Gasteiger partial charge on any atom is 0.313 e. The van der Waals surface area contributed by atoms with Crippen LogP contribution in [0.2, 0.25) is 0 Å². The molecule has 1 aromatic heterocycles. The average Bonchev–Trinajstić information content (AvgIpc) is 3.08. The van der Waals surface area contributed by atoms with E-state index in [1.54, 1.807) is 12.5 Å². The molecule has 0 aromatic carbocycles. The van der Waals surface area contributed by atoms with Gasteiger partial charge in [-0.25, -0.2) is 4.98 Å². The highest BCUT2D eigenvalue weighted by Gasteiger charge is 2.75. The second-order valence-corrected chi connectivity index (χ2v) is 7.08. The number of ether oxygens (including phenoxy) is 1. The first-order chi connectivity index (χ1) is 10.3. The molecule has 1 amide bonds. The van der Waals surface area contributed by atoms with Crippen LogP contribution in [0, 0.1) is 10.8 Å². The summed E-state index contributed by atoms with van der Waals surface area (Å²) in [7, 11) is 0. The van der Waals surface area contributed by atoms with Crippen LogP contribution >= 0.6 is 0 Å². The van der Waals surface area contributed by atoms with Crippen LogP contribution in [0.4, 0.5) is 0 Å². The molecule has 3 rings (SSSR count). The summed E-state index contributed by atoms with van der Waals surface area (Å²) in [6, 6.07) is 0. The van der Waals surface area contributed by atoms with E-state index in [0.29, 0.717) is 19.4 Å². The van der Waals surface area contributed by atoms with Crippen molar-refractivity contribution in [2.45, 2.75) is 52.2 Å². The average molecular weight is 305 g/mol. The predicted octanol–water partition coefficient (Wildman–Crippen LogP) is 1.51. The summed E-state index contributed by atoms with van der Waals surface area (Å²) in [5, 5.41) is 2.95. The second-order valence-electron chi connectivity index (χ2n) is 7.08. The molecule has 2 aliphatic rings. The van der Waals surface area contributed by atoms with Crippen molar-refractivity contribution in [3.63, 3.8) is 0 Å². The van der Waals surface area contributed by atoms with E-state index in [1.807, 2.05) is 31.5 Å². The molecule has 1 aliphatic heterocycles. The Hall–Kier alpha value is -1.85. The lowest BCUT2D eigenvalue weighted by molar-refractivity contribution is -0.168. The van der Waals surface area contributed by atoms with Gasteiger partial charge in [-0.1, -0.05) is 13.8 Å². The van der Waals surface area contributed by atoms with Gasteiger partial charge in [0.25, 0.3) is 5.91 Å². The molecule has 6 heteroatoms. The number of amides is 1. The number of hydrogen-bond acceptors (Lipinski definition) is 4. The third-order valence-electron chi connectivity index (χ3n) is 5.89. The number of nitrogens with zero attached hydrogens (tertiary/aromatic N) is 2. The molecular weight excluding hydrogens is 282 g/mol. The molecule has 1 aliphatic carbocycles. The van der Waals surface area contributed by atoms with Gasteiger partial charge in [-0.15, -0.1) is 0 Å². The van der Waals surface area contributed by atoms with Gasteiger partial charge in [-0.3, -0.25) is 9.59 Å². The van der Waals surface area contributed by atoms with Crippen molar-refractivity contribution in [1.29, 1.82) is 0 Å². The molecule has 22 heavy (non-hydrogen) atoms. The Labute approximate surface area is 130 Å². The standard InChI is InChI=1S/C16H23N3O3/c1-14(2)15(3)5-6-16(14,22-13(15)21)12(20)18-7-4-9-19-10-8-17-11-19/h8,10-11H,4-7,9H2,1-3H3,(H,18,20)/t15-,16-/m1/s1. The normalized spacial score (nSPS) is 32.0. The minimum absolute atomic E-state index is 0.155. The van der Waals surface area contributed by atoms with Crippen LogP contribution in [-0.2, 0) is 20.9 Å². The zero-order valence-corrected chi connectivity index (χ0v) is 13.4. The fourth-order valence-corrected chi connectivity index (χ4v) is 3.77. The lowest BCUT2D eigenvalue weighted by Gasteiger charge is -2.35. The monoisotopic (exact) mass is 305 g/mol. The first kappa shape index (κ1) is 15.1. The molecule has 6 nitrogen and oxygen atoms in total. The summed E-state index contributed by atoms with van der Waals surface area (Å²) in [4.78, 5) is 28.8. The zero-order valence-electron chi connectivity index (χ0n) is 13.4. The fraction of sp³-hybridized carbons (Fsp3) is 0.688. The second kappa shape index (κ2) is 4.83. The van der Waals surface area contributed by atoms with Gasteiger partial charge in [-0.05, 0) is 26.2 Å². The van der Waals surface area contributed by atoms with Crippen molar-refractivity contribution in [3.8, 4) is 0 Å². The largest absolute Gasteiger partial charge is 0.448 e. The molecule has 2 atom stereocenters. The molecule has 1 N–H and O–H groups in total. The molecule has 1 saturated heterocycles. The van der Waals surface area contributed by atoms with Crippen LogP contribution in [0.25, 0.3) is 0 Å². The van der Waals surface area contributed by atoms with Gasteiger partial charge in [0.15, 0.2) is 5.60 Å². The van der Waals surface area contributed by atoms with Gasteiger partial charge in [0.1, 0.15) is 0 Å². The van der Waals surface area contributed by atoms with Crippen molar-refractivity contribution in [1.82, 2.24) is 14.9 Å². The van der Waals surface area contributed by atoms with Crippen molar-refractivity contribution < 1.29 is 14.3 Å². The lowest BCUT2D eigenvalue weighted by Crippen LogP contribution is -2.53. The number of hydrogen-bond donors (Lipinski definition) is 1. The van der Waals surface area contributed by atoms with E-state index in [0.717, 1.165) is 13.0 Å². The van der Waals surface area contributed by atoms with Gasteiger partial charge in [-0.2, -0.15) is 0 Å². The van der Waals surface area contributed by atoms with Crippen molar-refractivity contribution >= 4 is 11.9 Å². The van der Waals surface area contributed by atoms with Crippen LogP contribution in [0.1, 0.15) is 40.0 Å². The minimum atomic E-state index is -1.01. The van der Waals surface area contributed by atoms with Crippen molar-refractivity contribution in [2.75, 3.05) is 6.54 Å². The smallest absolute Gasteiger partial charge is 0.313 e. The van der Waals surface area contributed by atoms with E-state index in [1.165, 1.54) is 0 Å². The Bertz CT molecular complexity index is 596. The lowest BCUT2D eigenvalue weighted by atomic mass is 9.66. The molecule has 2 bridgehead atoms. The first-order valence-electron chi connectivity index (χ1n) is 7.81. The van der Waals surface area contributed by atoms with Gasteiger partial charge < -0.3 is 14.6 Å². The molecule has 1 saturated carbocycles. The van der Waals surface area contributed by atoms with E-state index in [9.17, 15) is 9.59 Å². The molecule has 120 valence electrons. The third-order valence-corrected chi connectivity index (χ3v) is 5.89. The summed E-state index contributed by atoms with van der Waals surface area (Å²) in [6.45, 7) is 7.21. The van der Waals surface area contributed by atoms with E-state index < -0.39 is 16.4 Å². The Kier molecular flexibility index (Phi) is 3.30. The number of carbonyl (C=O) groups is 2. The molecule has 1 aromatic rings. The summed E-state index contributed by atoms with van der Waals surface area (Å²) in [6.07, 6.45) is 7.51. The summed E-state index contributed by atoms with van der Waals surface area (Å²) < 4.78 is 7.53. The predicted molar refractivity (Wildman–Crippen MR) is 79.8 cm³/mol. The molecule has 2 fully saturated rings. The number of carbonyl (C=O) groups excluding carboxylic acids is 2. The number of imidazole rings is 1. The minimum Gasteiger partial charge on any atom is -0.448 e. The molecule has 0 spiro atoms.